The molecule has 1 aromatic carbocycles. The Kier molecular flexibility index (Phi) is 4.91. The highest BCUT2D eigenvalue weighted by atomic mass is 16.6. The molecule has 0 saturated carbocycles. The first kappa shape index (κ1) is 16.4. The Hall–Kier alpha value is -2.94. The van der Waals surface area contributed by atoms with Crippen LogP contribution in [0.1, 0.15) is 5.56 Å². The van der Waals surface area contributed by atoms with Crippen LogP contribution in [0.4, 0.5) is 5.69 Å². The second-order valence-corrected chi connectivity index (χ2v) is 4.84. The fourth-order valence-electron chi connectivity index (χ4n) is 2.14. The van der Waals surface area contributed by atoms with Crippen LogP contribution in [0.3, 0.4) is 0 Å². The first-order valence-electron chi connectivity index (χ1n) is 6.69. The lowest BCUT2D eigenvalue weighted by atomic mass is 10.1. The van der Waals surface area contributed by atoms with Crippen molar-refractivity contribution in [1.29, 1.82) is 0 Å². The number of nitro benzene ring substituents is 1. The predicted octanol–water partition coefficient (Wildman–Crippen LogP) is 0.834. The van der Waals surface area contributed by atoms with Gasteiger partial charge >= 0.3 is 5.97 Å². The SMILES string of the molecule is COC(CNC(=O)Cc1c[nH]c2ccc([N+](=O)[O-])cc12)C(=O)O. The standard InChI is InChI=1S/C14H15N3O6/c1-23-12(14(19)20)7-16-13(18)4-8-6-15-11-3-2-9(17(21)22)5-10(8)11/h2-3,5-6,12,15H,4,7H2,1H3,(H,16,18)(H,19,20). The Bertz CT molecular complexity index is 754. The highest BCUT2D eigenvalue weighted by Crippen LogP contribution is 2.23. The van der Waals surface area contributed by atoms with Crippen molar-refractivity contribution < 1.29 is 24.4 Å². The molecule has 2 rings (SSSR count). The number of carbonyl (C=O) groups excluding carboxylic acids is 1. The third kappa shape index (κ3) is 3.83. The molecular weight excluding hydrogens is 306 g/mol. The number of carbonyl (C=O) groups is 2. The van der Waals surface area contributed by atoms with E-state index < -0.39 is 22.9 Å². The van der Waals surface area contributed by atoms with E-state index in [1.807, 2.05) is 0 Å². The summed E-state index contributed by atoms with van der Waals surface area (Å²) in [4.78, 5) is 35.9. The van der Waals surface area contributed by atoms with Crippen LogP contribution in [0.15, 0.2) is 24.4 Å². The molecule has 0 saturated heterocycles. The van der Waals surface area contributed by atoms with Crippen LogP contribution in [0.2, 0.25) is 0 Å². The van der Waals surface area contributed by atoms with Crippen LogP contribution in [0, 0.1) is 10.1 Å². The van der Waals surface area contributed by atoms with E-state index in [2.05, 4.69) is 10.3 Å². The quantitative estimate of drug-likeness (QED) is 0.511. The fourth-order valence-corrected chi connectivity index (χ4v) is 2.14. The number of H-pyrrole nitrogens is 1. The summed E-state index contributed by atoms with van der Waals surface area (Å²) in [5, 5.41) is 22.7. The van der Waals surface area contributed by atoms with Crippen LogP contribution in [-0.2, 0) is 20.7 Å². The summed E-state index contributed by atoms with van der Waals surface area (Å²) in [6.07, 6.45) is 0.443. The van der Waals surface area contributed by atoms with E-state index in [1.165, 1.54) is 19.2 Å². The molecular formula is C14H15N3O6. The van der Waals surface area contributed by atoms with Gasteiger partial charge < -0.3 is 20.1 Å². The lowest BCUT2D eigenvalue weighted by Gasteiger charge is -2.11. The zero-order chi connectivity index (χ0) is 17.0. The lowest BCUT2D eigenvalue weighted by molar-refractivity contribution is -0.384. The number of methoxy groups -OCH3 is 1. The molecule has 0 aliphatic heterocycles. The number of carboxylic acid groups (broad SMARTS) is 1. The number of aromatic amines is 1. The molecule has 1 aromatic heterocycles. The van der Waals surface area contributed by atoms with Crippen molar-refractivity contribution in [1.82, 2.24) is 10.3 Å². The van der Waals surface area contributed by atoms with Gasteiger partial charge in [-0.15, -0.1) is 0 Å². The van der Waals surface area contributed by atoms with Gasteiger partial charge in [0.25, 0.3) is 5.69 Å². The molecule has 0 fully saturated rings. The van der Waals surface area contributed by atoms with Crippen molar-refractivity contribution in [2.75, 3.05) is 13.7 Å². The first-order chi connectivity index (χ1) is 10.9. The Morgan fingerprint density at radius 2 is 2.22 bits per heavy atom. The molecule has 2 aromatic rings. The maximum Gasteiger partial charge on any atom is 0.334 e. The third-order valence-corrected chi connectivity index (χ3v) is 3.36. The van der Waals surface area contributed by atoms with Crippen LogP contribution in [-0.4, -0.2) is 46.6 Å². The monoisotopic (exact) mass is 321 g/mol. The summed E-state index contributed by atoms with van der Waals surface area (Å²) in [6, 6.07) is 4.34. The number of aromatic nitrogens is 1. The van der Waals surface area contributed by atoms with Gasteiger partial charge in [-0.3, -0.25) is 14.9 Å². The second kappa shape index (κ2) is 6.88. The summed E-state index contributed by atoms with van der Waals surface area (Å²) < 4.78 is 4.71. The molecule has 1 heterocycles. The Morgan fingerprint density at radius 3 is 2.83 bits per heavy atom. The highest BCUT2D eigenvalue weighted by molar-refractivity contribution is 5.90. The molecule has 9 heteroatoms. The minimum atomic E-state index is -1.17. The van der Waals surface area contributed by atoms with Crippen molar-refractivity contribution in [3.63, 3.8) is 0 Å². The van der Waals surface area contributed by atoms with Gasteiger partial charge in [-0.05, 0) is 11.6 Å². The van der Waals surface area contributed by atoms with Gasteiger partial charge in [0.05, 0.1) is 17.9 Å². The molecule has 0 bridgehead atoms. The minimum Gasteiger partial charge on any atom is -0.479 e. The van der Waals surface area contributed by atoms with Crippen molar-refractivity contribution in [3.8, 4) is 0 Å². The molecule has 0 radical (unpaired) electrons. The number of non-ortho nitro benzene ring substituents is 1. The largest absolute Gasteiger partial charge is 0.479 e. The zero-order valence-electron chi connectivity index (χ0n) is 12.2. The molecule has 0 aliphatic carbocycles. The minimum absolute atomic E-state index is 0.0305. The fraction of sp³-hybridized carbons (Fsp3) is 0.286. The molecule has 1 unspecified atom stereocenters. The third-order valence-electron chi connectivity index (χ3n) is 3.36. The number of hydrogen-bond acceptors (Lipinski definition) is 5. The summed E-state index contributed by atoms with van der Waals surface area (Å²) >= 11 is 0. The van der Waals surface area contributed by atoms with Gasteiger partial charge in [0, 0.05) is 36.3 Å². The number of ether oxygens (including phenoxy) is 1. The number of rotatable bonds is 7. The van der Waals surface area contributed by atoms with Crippen molar-refractivity contribution in [3.05, 3.63) is 40.1 Å². The van der Waals surface area contributed by atoms with Gasteiger partial charge in [0.15, 0.2) is 6.10 Å². The van der Waals surface area contributed by atoms with E-state index in [1.54, 1.807) is 12.3 Å². The van der Waals surface area contributed by atoms with Gasteiger partial charge in [-0.2, -0.15) is 0 Å². The van der Waals surface area contributed by atoms with E-state index in [0.29, 0.717) is 16.5 Å². The maximum absolute atomic E-state index is 11.9. The zero-order valence-corrected chi connectivity index (χ0v) is 12.2. The molecule has 0 aliphatic rings. The Morgan fingerprint density at radius 1 is 1.48 bits per heavy atom. The van der Waals surface area contributed by atoms with Crippen LogP contribution in [0.5, 0.6) is 0 Å². The number of amides is 1. The number of aliphatic carboxylic acids is 1. The molecule has 1 amide bonds. The molecule has 122 valence electrons. The predicted molar refractivity (Wildman–Crippen MR) is 80.1 cm³/mol. The Labute approximate surface area is 130 Å². The van der Waals surface area contributed by atoms with E-state index in [0.717, 1.165) is 0 Å². The Balaban J connectivity index is 2.09. The molecule has 23 heavy (non-hydrogen) atoms. The van der Waals surface area contributed by atoms with E-state index in [-0.39, 0.29) is 18.7 Å². The van der Waals surface area contributed by atoms with Crippen molar-refractivity contribution in [2.24, 2.45) is 0 Å². The smallest absolute Gasteiger partial charge is 0.334 e. The van der Waals surface area contributed by atoms with E-state index in [9.17, 15) is 19.7 Å². The summed E-state index contributed by atoms with van der Waals surface area (Å²) in [6.45, 7) is -0.160. The average molecular weight is 321 g/mol. The molecule has 3 N–H and O–H groups in total. The van der Waals surface area contributed by atoms with Crippen molar-refractivity contribution >= 4 is 28.5 Å². The summed E-state index contributed by atoms with van der Waals surface area (Å²) in [5.74, 6) is -1.57. The lowest BCUT2D eigenvalue weighted by Crippen LogP contribution is -2.38. The molecule has 0 spiro atoms. The second-order valence-electron chi connectivity index (χ2n) is 4.84. The number of carboxylic acids is 1. The molecule has 9 nitrogen and oxygen atoms in total. The van der Waals surface area contributed by atoms with E-state index >= 15 is 0 Å². The van der Waals surface area contributed by atoms with Crippen LogP contribution < -0.4 is 5.32 Å². The maximum atomic E-state index is 11.9. The number of nitrogens with one attached hydrogen (secondary N) is 2. The normalized spacial score (nSPS) is 12.0. The van der Waals surface area contributed by atoms with Gasteiger partial charge in [-0.25, -0.2) is 4.79 Å². The number of nitrogens with zero attached hydrogens (tertiary/aromatic N) is 1. The summed E-state index contributed by atoms with van der Waals surface area (Å²) in [7, 11) is 1.24. The number of fused-ring (bicyclic) bond motifs is 1. The van der Waals surface area contributed by atoms with E-state index in [4.69, 9.17) is 9.84 Å². The van der Waals surface area contributed by atoms with Gasteiger partial charge in [-0.1, -0.05) is 0 Å². The topological polar surface area (TPSA) is 135 Å². The number of hydrogen-bond donors (Lipinski definition) is 3. The highest BCUT2D eigenvalue weighted by Gasteiger charge is 2.18. The summed E-state index contributed by atoms with van der Waals surface area (Å²) in [5.41, 5.74) is 1.20. The van der Waals surface area contributed by atoms with Crippen molar-refractivity contribution in [2.45, 2.75) is 12.5 Å². The number of nitro groups is 1. The molecule has 1 atom stereocenters. The van der Waals surface area contributed by atoms with Crippen LogP contribution in [0.25, 0.3) is 10.9 Å². The van der Waals surface area contributed by atoms with Gasteiger partial charge in [0.2, 0.25) is 5.91 Å². The van der Waals surface area contributed by atoms with Crippen LogP contribution >= 0.6 is 0 Å². The number of benzene rings is 1. The average Bonchev–Trinajstić information content (AvgIpc) is 2.89. The van der Waals surface area contributed by atoms with Gasteiger partial charge in [0.1, 0.15) is 0 Å². The first-order valence-corrected chi connectivity index (χ1v) is 6.69.